The Balaban J connectivity index is 2.37. The molecule has 2 aromatic heterocycles. The van der Waals surface area contributed by atoms with Crippen molar-refractivity contribution < 1.29 is 4.42 Å². The molecule has 0 aliphatic heterocycles. The molecule has 0 unspecified atom stereocenters. The first-order valence-corrected chi connectivity index (χ1v) is 6.00. The topological polar surface area (TPSA) is 90.2 Å². The minimum absolute atomic E-state index is 0.107. The summed E-state index contributed by atoms with van der Waals surface area (Å²) in [6.07, 6.45) is 0. The molecule has 20 heavy (non-hydrogen) atoms. The maximum atomic E-state index is 12.0. The Morgan fingerprint density at radius 1 is 1.25 bits per heavy atom. The maximum absolute atomic E-state index is 12.0. The molecule has 3 rings (SSSR count). The minimum atomic E-state index is -0.543. The van der Waals surface area contributed by atoms with E-state index in [2.05, 4.69) is 10.1 Å². The Morgan fingerprint density at radius 3 is 2.60 bits per heavy atom. The fourth-order valence-corrected chi connectivity index (χ4v) is 1.91. The van der Waals surface area contributed by atoms with Crippen LogP contribution in [0.3, 0.4) is 0 Å². The highest BCUT2D eigenvalue weighted by molar-refractivity contribution is 5.86. The summed E-state index contributed by atoms with van der Waals surface area (Å²) in [5.74, 6) is 0.107. The molecular formula is C13H13N5O2. The zero-order chi connectivity index (χ0) is 14.3. The van der Waals surface area contributed by atoms with Gasteiger partial charge in [0.2, 0.25) is 0 Å². The van der Waals surface area contributed by atoms with E-state index in [1.165, 1.54) is 4.68 Å². The fourth-order valence-electron chi connectivity index (χ4n) is 1.91. The first-order chi connectivity index (χ1) is 9.58. The summed E-state index contributed by atoms with van der Waals surface area (Å²) in [4.78, 5) is 17.9. The van der Waals surface area contributed by atoms with Crippen molar-refractivity contribution in [3.63, 3.8) is 0 Å². The highest BCUT2D eigenvalue weighted by Gasteiger charge is 2.18. The van der Waals surface area contributed by atoms with Crippen LogP contribution < -0.4 is 16.3 Å². The third kappa shape index (κ3) is 1.80. The first kappa shape index (κ1) is 12.2. The summed E-state index contributed by atoms with van der Waals surface area (Å²) in [5, 5.41) is 4.37. The summed E-state index contributed by atoms with van der Waals surface area (Å²) in [6.45, 7) is 0. The van der Waals surface area contributed by atoms with Crippen LogP contribution in [0.15, 0.2) is 39.5 Å². The molecule has 0 saturated heterocycles. The van der Waals surface area contributed by atoms with Crippen molar-refractivity contribution in [1.29, 1.82) is 0 Å². The molecule has 102 valence electrons. The lowest BCUT2D eigenvalue weighted by molar-refractivity contribution is 0.502. The van der Waals surface area contributed by atoms with Crippen molar-refractivity contribution in [2.45, 2.75) is 0 Å². The molecule has 2 heterocycles. The zero-order valence-electron chi connectivity index (χ0n) is 11.1. The lowest BCUT2D eigenvalue weighted by Gasteiger charge is -2.08. The number of nitrogens with two attached hydrogens (primary N) is 1. The Hall–Kier alpha value is -2.83. The van der Waals surface area contributed by atoms with E-state index in [4.69, 9.17) is 10.2 Å². The normalized spacial score (nSPS) is 10.9. The molecule has 0 bridgehead atoms. The van der Waals surface area contributed by atoms with Crippen molar-refractivity contribution in [3.05, 3.63) is 40.8 Å². The molecule has 0 fully saturated rings. The number of anilines is 2. The van der Waals surface area contributed by atoms with E-state index in [0.29, 0.717) is 5.65 Å². The SMILES string of the molecule is CN(C)c1nc2c(c(N)nn2-c2ccccc2)c(=O)o1. The number of rotatable bonds is 2. The number of hydrogen-bond donors (Lipinski definition) is 1. The van der Waals surface area contributed by atoms with Gasteiger partial charge in [0.1, 0.15) is 5.39 Å². The molecule has 0 aliphatic rings. The number of hydrogen-bond acceptors (Lipinski definition) is 6. The molecule has 0 saturated carbocycles. The number of nitrogen functional groups attached to an aromatic ring is 1. The summed E-state index contributed by atoms with van der Waals surface area (Å²) in [7, 11) is 3.48. The monoisotopic (exact) mass is 271 g/mol. The van der Waals surface area contributed by atoms with Gasteiger partial charge in [-0.25, -0.2) is 9.48 Å². The summed E-state index contributed by atoms with van der Waals surface area (Å²) in [6, 6.07) is 9.56. The largest absolute Gasteiger partial charge is 0.388 e. The van der Waals surface area contributed by atoms with Crippen LogP contribution in [0.25, 0.3) is 16.7 Å². The molecule has 7 nitrogen and oxygen atoms in total. The molecule has 2 N–H and O–H groups in total. The second-order valence-corrected chi connectivity index (χ2v) is 4.51. The van der Waals surface area contributed by atoms with E-state index < -0.39 is 5.63 Å². The van der Waals surface area contributed by atoms with Crippen LogP contribution in [-0.2, 0) is 0 Å². The van der Waals surface area contributed by atoms with Gasteiger partial charge >= 0.3 is 11.6 Å². The molecule has 0 atom stereocenters. The van der Waals surface area contributed by atoms with Crippen molar-refractivity contribution in [3.8, 4) is 5.69 Å². The highest BCUT2D eigenvalue weighted by atomic mass is 16.4. The molecule has 0 amide bonds. The van der Waals surface area contributed by atoms with Gasteiger partial charge in [0.15, 0.2) is 11.5 Å². The van der Waals surface area contributed by atoms with Gasteiger partial charge in [-0.1, -0.05) is 18.2 Å². The van der Waals surface area contributed by atoms with Crippen LogP contribution in [-0.4, -0.2) is 28.9 Å². The lowest BCUT2D eigenvalue weighted by atomic mass is 10.3. The predicted octanol–water partition coefficient (Wildman–Crippen LogP) is 1.02. The average molecular weight is 271 g/mol. The van der Waals surface area contributed by atoms with Gasteiger partial charge in [-0.05, 0) is 12.1 Å². The van der Waals surface area contributed by atoms with Crippen LogP contribution in [0.4, 0.5) is 11.8 Å². The standard InChI is InChI=1S/C13H13N5O2/c1-17(2)13-15-11-9(12(19)20-13)10(14)16-18(11)8-6-4-3-5-7-8/h3-7H,1-2H3,(H2,14,16). The number of aromatic nitrogens is 3. The van der Waals surface area contributed by atoms with E-state index in [0.717, 1.165) is 5.69 Å². The molecule has 1 aromatic carbocycles. The van der Waals surface area contributed by atoms with Crippen LogP contribution >= 0.6 is 0 Å². The quantitative estimate of drug-likeness (QED) is 0.748. The van der Waals surface area contributed by atoms with E-state index in [1.54, 1.807) is 19.0 Å². The van der Waals surface area contributed by atoms with Crippen LogP contribution in [0.5, 0.6) is 0 Å². The van der Waals surface area contributed by atoms with Crippen molar-refractivity contribution >= 4 is 22.9 Å². The van der Waals surface area contributed by atoms with Gasteiger partial charge in [-0.3, -0.25) is 0 Å². The highest BCUT2D eigenvalue weighted by Crippen LogP contribution is 2.21. The molecule has 3 aromatic rings. The number of para-hydroxylation sites is 1. The Morgan fingerprint density at radius 2 is 1.95 bits per heavy atom. The Kier molecular flexibility index (Phi) is 2.67. The van der Waals surface area contributed by atoms with Gasteiger partial charge in [0.05, 0.1) is 5.69 Å². The Labute approximate surface area is 114 Å². The fraction of sp³-hybridized carbons (Fsp3) is 0.154. The minimum Gasteiger partial charge on any atom is -0.388 e. The van der Waals surface area contributed by atoms with Gasteiger partial charge in [0.25, 0.3) is 0 Å². The summed E-state index contributed by atoms with van der Waals surface area (Å²) >= 11 is 0. The van der Waals surface area contributed by atoms with Crippen LogP contribution in [0.2, 0.25) is 0 Å². The van der Waals surface area contributed by atoms with Gasteiger partial charge in [0, 0.05) is 14.1 Å². The van der Waals surface area contributed by atoms with E-state index in [-0.39, 0.29) is 17.2 Å². The first-order valence-electron chi connectivity index (χ1n) is 6.00. The second-order valence-electron chi connectivity index (χ2n) is 4.51. The van der Waals surface area contributed by atoms with E-state index >= 15 is 0 Å². The molecule has 0 spiro atoms. The number of benzene rings is 1. The molecule has 7 heteroatoms. The predicted molar refractivity (Wildman–Crippen MR) is 76.1 cm³/mol. The van der Waals surface area contributed by atoms with Crippen LogP contribution in [0.1, 0.15) is 0 Å². The number of fused-ring (bicyclic) bond motifs is 1. The molecule has 0 radical (unpaired) electrons. The summed E-state index contributed by atoms with van der Waals surface area (Å²) < 4.78 is 6.64. The molecular weight excluding hydrogens is 258 g/mol. The van der Waals surface area contributed by atoms with E-state index in [9.17, 15) is 4.79 Å². The lowest BCUT2D eigenvalue weighted by Crippen LogP contribution is -2.15. The second kappa shape index (κ2) is 4.37. The van der Waals surface area contributed by atoms with Crippen LogP contribution in [0, 0.1) is 0 Å². The van der Waals surface area contributed by atoms with Crippen molar-refractivity contribution in [2.24, 2.45) is 0 Å². The summed E-state index contributed by atoms with van der Waals surface area (Å²) in [5.41, 5.74) is 6.41. The van der Waals surface area contributed by atoms with Crippen molar-refractivity contribution in [1.82, 2.24) is 14.8 Å². The Bertz CT molecular complexity index is 820. The van der Waals surface area contributed by atoms with Gasteiger partial charge in [-0.2, -0.15) is 4.98 Å². The third-order valence-corrected chi connectivity index (χ3v) is 2.86. The van der Waals surface area contributed by atoms with Crippen molar-refractivity contribution in [2.75, 3.05) is 24.7 Å². The van der Waals surface area contributed by atoms with E-state index in [1.807, 2.05) is 30.3 Å². The van der Waals surface area contributed by atoms with Gasteiger partial charge in [-0.15, -0.1) is 5.10 Å². The maximum Gasteiger partial charge on any atom is 0.353 e. The smallest absolute Gasteiger partial charge is 0.353 e. The van der Waals surface area contributed by atoms with Gasteiger partial charge < -0.3 is 15.1 Å². The average Bonchev–Trinajstić information content (AvgIpc) is 2.77. The third-order valence-electron chi connectivity index (χ3n) is 2.86. The molecule has 0 aliphatic carbocycles. The zero-order valence-corrected chi connectivity index (χ0v) is 11.1. The number of nitrogens with zero attached hydrogens (tertiary/aromatic N) is 4.